The first-order chi connectivity index (χ1) is 11.3. The average molecular weight is 310 g/mol. The molecule has 1 saturated heterocycles. The van der Waals surface area contributed by atoms with Gasteiger partial charge in [-0.15, -0.1) is 0 Å². The van der Waals surface area contributed by atoms with Crippen LogP contribution in [0.1, 0.15) is 30.4 Å². The number of imidazole rings is 1. The minimum absolute atomic E-state index is 0.412. The Kier molecular flexibility index (Phi) is 3.53. The van der Waals surface area contributed by atoms with Crippen LogP contribution in [-0.4, -0.2) is 38.2 Å². The fraction of sp³-hybridized carbons (Fsp3) is 0.375. The Labute approximate surface area is 133 Å². The molecule has 4 heterocycles. The Bertz CT molecular complexity index is 781. The molecule has 1 atom stereocenters. The monoisotopic (exact) mass is 310 g/mol. The van der Waals surface area contributed by atoms with Crippen molar-refractivity contribution < 1.29 is 4.52 Å². The molecular weight excluding hydrogens is 292 g/mol. The third-order valence-electron chi connectivity index (χ3n) is 4.17. The maximum atomic E-state index is 5.25. The Morgan fingerprint density at radius 1 is 1.30 bits per heavy atom. The van der Waals surface area contributed by atoms with E-state index in [4.69, 9.17) is 4.52 Å². The highest BCUT2D eigenvalue weighted by molar-refractivity contribution is 5.58. The lowest BCUT2D eigenvalue weighted by Crippen LogP contribution is -2.35. The summed E-state index contributed by atoms with van der Waals surface area (Å²) < 4.78 is 5.25. The van der Waals surface area contributed by atoms with Crippen molar-refractivity contribution in [1.29, 1.82) is 0 Å². The quantitative estimate of drug-likeness (QED) is 0.800. The van der Waals surface area contributed by atoms with E-state index in [0.29, 0.717) is 17.6 Å². The van der Waals surface area contributed by atoms with Crippen molar-refractivity contribution in [3.05, 3.63) is 42.4 Å². The van der Waals surface area contributed by atoms with Gasteiger partial charge in [0.25, 0.3) is 5.89 Å². The first-order valence-electron chi connectivity index (χ1n) is 7.80. The molecule has 0 bridgehead atoms. The summed E-state index contributed by atoms with van der Waals surface area (Å²) in [5.74, 6) is 3.57. The van der Waals surface area contributed by atoms with Crippen LogP contribution in [0.3, 0.4) is 0 Å². The van der Waals surface area contributed by atoms with Crippen LogP contribution in [0.25, 0.3) is 11.5 Å². The Hall–Kier alpha value is -2.70. The highest BCUT2D eigenvalue weighted by Crippen LogP contribution is 2.29. The maximum Gasteiger partial charge on any atom is 0.258 e. The number of aromatic amines is 1. The van der Waals surface area contributed by atoms with E-state index < -0.39 is 0 Å². The number of aromatic nitrogens is 5. The van der Waals surface area contributed by atoms with Gasteiger partial charge in [0.2, 0.25) is 0 Å². The van der Waals surface area contributed by atoms with Gasteiger partial charge >= 0.3 is 0 Å². The van der Waals surface area contributed by atoms with E-state index in [1.54, 1.807) is 6.20 Å². The van der Waals surface area contributed by atoms with E-state index in [0.717, 1.165) is 43.1 Å². The minimum Gasteiger partial charge on any atom is -0.356 e. The molecule has 0 aliphatic carbocycles. The molecule has 0 spiro atoms. The van der Waals surface area contributed by atoms with Gasteiger partial charge in [-0.3, -0.25) is 0 Å². The van der Waals surface area contributed by atoms with E-state index in [9.17, 15) is 0 Å². The predicted molar refractivity (Wildman–Crippen MR) is 85.0 cm³/mol. The zero-order chi connectivity index (χ0) is 15.6. The average Bonchev–Trinajstić information content (AvgIpc) is 3.27. The third kappa shape index (κ3) is 2.81. The highest BCUT2D eigenvalue weighted by atomic mass is 16.5. The zero-order valence-electron chi connectivity index (χ0n) is 12.9. The molecule has 4 rings (SSSR count). The zero-order valence-corrected chi connectivity index (χ0v) is 12.9. The molecule has 7 nitrogen and oxygen atoms in total. The summed E-state index contributed by atoms with van der Waals surface area (Å²) in [5, 5.41) is 3.85. The number of pyridine rings is 1. The van der Waals surface area contributed by atoms with Gasteiger partial charge in [0.05, 0.1) is 0 Å². The summed E-state index contributed by atoms with van der Waals surface area (Å²) in [5.41, 5.74) is 0.899. The number of aryl methyl sites for hydroxylation is 1. The van der Waals surface area contributed by atoms with Crippen LogP contribution in [0, 0.1) is 6.92 Å². The third-order valence-corrected chi connectivity index (χ3v) is 4.17. The molecule has 0 aromatic carbocycles. The molecule has 1 fully saturated rings. The lowest BCUT2D eigenvalue weighted by atomic mass is 9.97. The van der Waals surface area contributed by atoms with Crippen molar-refractivity contribution in [2.75, 3.05) is 18.0 Å². The number of nitrogens with zero attached hydrogens (tertiary/aromatic N) is 5. The fourth-order valence-electron chi connectivity index (χ4n) is 3.05. The molecule has 1 N–H and O–H groups in total. The number of H-pyrrole nitrogens is 1. The molecule has 7 heteroatoms. The second-order valence-corrected chi connectivity index (χ2v) is 5.81. The fourth-order valence-corrected chi connectivity index (χ4v) is 3.05. The van der Waals surface area contributed by atoms with E-state index in [-0.39, 0.29) is 0 Å². The van der Waals surface area contributed by atoms with Crippen molar-refractivity contribution in [2.45, 2.75) is 25.7 Å². The molecular formula is C16H18N6O. The van der Waals surface area contributed by atoms with Crippen LogP contribution >= 0.6 is 0 Å². The summed E-state index contributed by atoms with van der Waals surface area (Å²) in [6.07, 6.45) is 7.75. The molecule has 0 amide bonds. The van der Waals surface area contributed by atoms with Crippen LogP contribution < -0.4 is 4.90 Å². The summed E-state index contributed by atoms with van der Waals surface area (Å²) in [6, 6.07) is 3.90. The largest absolute Gasteiger partial charge is 0.356 e. The number of hydrogen-bond donors (Lipinski definition) is 1. The van der Waals surface area contributed by atoms with Crippen LogP contribution in [0.15, 0.2) is 35.2 Å². The summed E-state index contributed by atoms with van der Waals surface area (Å²) >= 11 is 0. The molecule has 1 aliphatic heterocycles. The van der Waals surface area contributed by atoms with Crippen LogP contribution in [-0.2, 0) is 0 Å². The first-order valence-corrected chi connectivity index (χ1v) is 7.80. The standard InChI is InChI=1S/C16H18N6O/c1-11-20-16(23-21-11)12-4-5-17-14(9-12)22-8-2-3-13(10-22)15-18-6-7-19-15/h4-7,9,13H,2-3,8,10H2,1H3,(H,18,19). The lowest BCUT2D eigenvalue weighted by molar-refractivity contribution is 0.425. The second kappa shape index (κ2) is 5.83. The van der Waals surface area contributed by atoms with Crippen molar-refractivity contribution in [2.24, 2.45) is 0 Å². The molecule has 1 unspecified atom stereocenters. The van der Waals surface area contributed by atoms with Gasteiger partial charge in [0, 0.05) is 43.2 Å². The topological polar surface area (TPSA) is 83.7 Å². The SMILES string of the molecule is Cc1noc(-c2ccnc(N3CCCC(c4ncc[nH]4)C3)c2)n1. The second-order valence-electron chi connectivity index (χ2n) is 5.81. The van der Waals surface area contributed by atoms with Gasteiger partial charge in [-0.2, -0.15) is 4.98 Å². The van der Waals surface area contributed by atoms with E-state index in [1.807, 2.05) is 31.5 Å². The van der Waals surface area contributed by atoms with Crippen molar-refractivity contribution in [3.8, 4) is 11.5 Å². The number of hydrogen-bond acceptors (Lipinski definition) is 6. The van der Waals surface area contributed by atoms with E-state index in [2.05, 4.69) is 30.0 Å². The van der Waals surface area contributed by atoms with E-state index >= 15 is 0 Å². The van der Waals surface area contributed by atoms with Gasteiger partial charge in [0.15, 0.2) is 5.82 Å². The van der Waals surface area contributed by atoms with Gasteiger partial charge in [-0.25, -0.2) is 9.97 Å². The van der Waals surface area contributed by atoms with Crippen molar-refractivity contribution in [3.63, 3.8) is 0 Å². The number of anilines is 1. The molecule has 0 radical (unpaired) electrons. The van der Waals surface area contributed by atoms with Crippen molar-refractivity contribution >= 4 is 5.82 Å². The van der Waals surface area contributed by atoms with Gasteiger partial charge < -0.3 is 14.4 Å². The van der Waals surface area contributed by atoms with Crippen LogP contribution in [0.2, 0.25) is 0 Å². The summed E-state index contributed by atoms with van der Waals surface area (Å²) in [6.45, 7) is 3.72. The number of nitrogens with one attached hydrogen (secondary N) is 1. The van der Waals surface area contributed by atoms with Crippen LogP contribution in [0.4, 0.5) is 5.82 Å². The molecule has 1 aliphatic rings. The molecule has 3 aromatic heterocycles. The lowest BCUT2D eigenvalue weighted by Gasteiger charge is -2.32. The maximum absolute atomic E-state index is 5.25. The number of rotatable bonds is 3. The Morgan fingerprint density at radius 2 is 2.26 bits per heavy atom. The highest BCUT2D eigenvalue weighted by Gasteiger charge is 2.24. The van der Waals surface area contributed by atoms with Gasteiger partial charge in [0.1, 0.15) is 11.6 Å². The molecule has 3 aromatic rings. The first kappa shape index (κ1) is 13.9. The number of piperidine rings is 1. The summed E-state index contributed by atoms with van der Waals surface area (Å²) in [4.78, 5) is 18.7. The minimum atomic E-state index is 0.412. The Morgan fingerprint density at radius 3 is 3.04 bits per heavy atom. The smallest absolute Gasteiger partial charge is 0.258 e. The van der Waals surface area contributed by atoms with Gasteiger partial charge in [-0.1, -0.05) is 5.16 Å². The van der Waals surface area contributed by atoms with Crippen LogP contribution in [0.5, 0.6) is 0 Å². The molecule has 23 heavy (non-hydrogen) atoms. The predicted octanol–water partition coefficient (Wildman–Crippen LogP) is 2.55. The summed E-state index contributed by atoms with van der Waals surface area (Å²) in [7, 11) is 0. The van der Waals surface area contributed by atoms with Crippen molar-refractivity contribution in [1.82, 2.24) is 25.1 Å². The normalized spacial score (nSPS) is 18.3. The molecule has 0 saturated carbocycles. The van der Waals surface area contributed by atoms with E-state index in [1.165, 1.54) is 0 Å². The van der Waals surface area contributed by atoms with Gasteiger partial charge in [-0.05, 0) is 31.9 Å². The molecule has 118 valence electrons. The Balaban J connectivity index is 1.58.